The lowest BCUT2D eigenvalue weighted by molar-refractivity contribution is 0.629. The molecule has 0 saturated heterocycles. The Kier molecular flexibility index (Phi) is 2.71. The van der Waals surface area contributed by atoms with Crippen LogP contribution in [-0.2, 0) is 0 Å². The van der Waals surface area contributed by atoms with E-state index in [-0.39, 0.29) is 11.0 Å². The van der Waals surface area contributed by atoms with Gasteiger partial charge in [-0.25, -0.2) is 9.37 Å². The molecule has 0 spiro atoms. The summed E-state index contributed by atoms with van der Waals surface area (Å²) in [5, 5.41) is 8.29. The smallest absolute Gasteiger partial charge is 0.199 e. The van der Waals surface area contributed by atoms with Crippen molar-refractivity contribution in [3.05, 3.63) is 46.6 Å². The number of benzene rings is 1. The first-order valence-electron chi connectivity index (χ1n) is 5.72. The van der Waals surface area contributed by atoms with E-state index in [1.165, 1.54) is 6.07 Å². The third kappa shape index (κ3) is 1.77. The average Bonchev–Trinajstić information content (AvgIpc) is 2.82. The van der Waals surface area contributed by atoms with Crippen LogP contribution >= 0.6 is 11.6 Å². The van der Waals surface area contributed by atoms with Gasteiger partial charge in [-0.05, 0) is 26.0 Å². The largest absolute Gasteiger partial charge is 0.275 e. The quantitative estimate of drug-likeness (QED) is 0.685. The van der Waals surface area contributed by atoms with Crippen LogP contribution in [0.2, 0.25) is 5.15 Å². The summed E-state index contributed by atoms with van der Waals surface area (Å²) in [5.74, 6) is 0.0831. The van der Waals surface area contributed by atoms with Gasteiger partial charge in [0.15, 0.2) is 16.6 Å². The molecule has 0 radical (unpaired) electrons. The fraction of sp³-hybridized carbons (Fsp3) is 0.154. The van der Waals surface area contributed by atoms with Gasteiger partial charge >= 0.3 is 0 Å². The second-order valence-corrected chi connectivity index (χ2v) is 4.59. The van der Waals surface area contributed by atoms with Gasteiger partial charge in [0.2, 0.25) is 0 Å². The highest BCUT2D eigenvalue weighted by Gasteiger charge is 2.17. The zero-order valence-corrected chi connectivity index (χ0v) is 11.1. The molecule has 0 atom stereocenters. The molecule has 0 fully saturated rings. The fourth-order valence-corrected chi connectivity index (χ4v) is 2.24. The Labute approximate surface area is 113 Å². The lowest BCUT2D eigenvalue weighted by atomic mass is 10.2. The van der Waals surface area contributed by atoms with Crippen molar-refractivity contribution in [1.82, 2.24) is 19.6 Å². The second-order valence-electron chi connectivity index (χ2n) is 4.24. The summed E-state index contributed by atoms with van der Waals surface area (Å²) in [6.45, 7) is 3.71. The molecule has 0 aliphatic heterocycles. The molecule has 2 aromatic heterocycles. The number of hydrogen-bond donors (Lipinski definition) is 0. The van der Waals surface area contributed by atoms with Crippen molar-refractivity contribution in [3.63, 3.8) is 0 Å². The van der Waals surface area contributed by atoms with E-state index in [0.29, 0.717) is 17.0 Å². The molecule has 0 saturated carbocycles. The van der Waals surface area contributed by atoms with Crippen LogP contribution in [0.4, 0.5) is 4.39 Å². The Bertz CT molecular complexity index is 782. The van der Waals surface area contributed by atoms with Crippen LogP contribution in [0.15, 0.2) is 24.3 Å². The minimum absolute atomic E-state index is 0.262. The average molecular weight is 277 g/mol. The fourth-order valence-electron chi connectivity index (χ4n) is 1.99. The maximum atomic E-state index is 13.9. The number of halogens is 2. The SMILES string of the molecule is Cc1nc(Cl)c2nnc(-c3ccccc3F)n2c1C. The molecule has 0 aliphatic rings. The molecule has 0 bridgehead atoms. The molecule has 0 aliphatic carbocycles. The van der Waals surface area contributed by atoms with Gasteiger partial charge in [-0.2, -0.15) is 0 Å². The molecule has 96 valence electrons. The van der Waals surface area contributed by atoms with E-state index in [1.54, 1.807) is 22.6 Å². The van der Waals surface area contributed by atoms with Gasteiger partial charge in [0.1, 0.15) is 5.82 Å². The Morgan fingerprint density at radius 1 is 1.16 bits per heavy atom. The summed E-state index contributed by atoms with van der Waals surface area (Å²) < 4.78 is 15.6. The van der Waals surface area contributed by atoms with Crippen molar-refractivity contribution in [2.45, 2.75) is 13.8 Å². The Morgan fingerprint density at radius 2 is 1.89 bits per heavy atom. The molecule has 2 heterocycles. The molecule has 1 aromatic carbocycles. The minimum Gasteiger partial charge on any atom is -0.275 e. The van der Waals surface area contributed by atoms with E-state index in [1.807, 2.05) is 13.8 Å². The summed E-state index contributed by atoms with van der Waals surface area (Å²) in [6.07, 6.45) is 0. The topological polar surface area (TPSA) is 43.1 Å². The monoisotopic (exact) mass is 276 g/mol. The van der Waals surface area contributed by atoms with E-state index in [4.69, 9.17) is 11.6 Å². The van der Waals surface area contributed by atoms with Crippen LogP contribution in [0.3, 0.4) is 0 Å². The van der Waals surface area contributed by atoms with Gasteiger partial charge in [0.05, 0.1) is 11.3 Å². The van der Waals surface area contributed by atoms with Gasteiger partial charge in [-0.3, -0.25) is 4.40 Å². The van der Waals surface area contributed by atoms with Gasteiger partial charge in [0, 0.05) is 5.69 Å². The highest BCUT2D eigenvalue weighted by atomic mass is 35.5. The summed E-state index contributed by atoms with van der Waals surface area (Å²) >= 11 is 6.05. The normalized spacial score (nSPS) is 11.2. The Balaban J connectivity index is 2.41. The first-order chi connectivity index (χ1) is 9.09. The molecule has 0 amide bonds. The predicted octanol–water partition coefficient (Wildman–Crippen LogP) is 3.20. The van der Waals surface area contributed by atoms with E-state index in [2.05, 4.69) is 15.2 Å². The van der Waals surface area contributed by atoms with Crippen LogP contribution in [0.5, 0.6) is 0 Å². The molecule has 4 nitrogen and oxygen atoms in total. The number of nitrogens with zero attached hydrogens (tertiary/aromatic N) is 4. The molecule has 3 aromatic rings. The third-order valence-corrected chi connectivity index (χ3v) is 3.34. The van der Waals surface area contributed by atoms with Crippen molar-refractivity contribution >= 4 is 17.2 Å². The summed E-state index contributed by atoms with van der Waals surface area (Å²) in [7, 11) is 0. The molecular formula is C13H10ClFN4. The summed E-state index contributed by atoms with van der Waals surface area (Å²) in [6, 6.07) is 6.44. The molecule has 6 heteroatoms. The number of aryl methyl sites for hydroxylation is 2. The van der Waals surface area contributed by atoms with Crippen LogP contribution in [0.25, 0.3) is 17.0 Å². The zero-order valence-electron chi connectivity index (χ0n) is 10.4. The molecule has 0 N–H and O–H groups in total. The molecule has 3 rings (SSSR count). The van der Waals surface area contributed by atoms with Crippen LogP contribution in [0.1, 0.15) is 11.4 Å². The van der Waals surface area contributed by atoms with Crippen molar-refractivity contribution in [3.8, 4) is 11.4 Å². The van der Waals surface area contributed by atoms with Gasteiger partial charge in [0.25, 0.3) is 0 Å². The van der Waals surface area contributed by atoms with Crippen molar-refractivity contribution in [2.75, 3.05) is 0 Å². The highest BCUT2D eigenvalue weighted by Crippen LogP contribution is 2.25. The standard InChI is InChI=1S/C13H10ClFN4/c1-7-8(2)19-12(9-5-3-4-6-10(9)15)17-18-13(19)11(14)16-7/h3-6H,1-2H3. The third-order valence-electron chi connectivity index (χ3n) is 3.09. The van der Waals surface area contributed by atoms with Crippen LogP contribution in [-0.4, -0.2) is 19.6 Å². The van der Waals surface area contributed by atoms with E-state index < -0.39 is 0 Å². The zero-order chi connectivity index (χ0) is 13.6. The predicted molar refractivity (Wildman–Crippen MR) is 70.7 cm³/mol. The Morgan fingerprint density at radius 3 is 2.63 bits per heavy atom. The maximum Gasteiger partial charge on any atom is 0.199 e. The number of aromatic nitrogens is 4. The summed E-state index contributed by atoms with van der Waals surface area (Å²) in [4.78, 5) is 4.18. The van der Waals surface area contributed by atoms with Crippen LogP contribution < -0.4 is 0 Å². The van der Waals surface area contributed by atoms with E-state index in [9.17, 15) is 4.39 Å². The number of rotatable bonds is 1. The molecular weight excluding hydrogens is 267 g/mol. The first kappa shape index (κ1) is 12.0. The van der Waals surface area contributed by atoms with E-state index in [0.717, 1.165) is 11.4 Å². The van der Waals surface area contributed by atoms with Crippen molar-refractivity contribution < 1.29 is 4.39 Å². The van der Waals surface area contributed by atoms with Gasteiger partial charge in [-0.1, -0.05) is 23.7 Å². The summed E-state index contributed by atoms with van der Waals surface area (Å²) in [5.41, 5.74) is 2.42. The van der Waals surface area contributed by atoms with Crippen LogP contribution in [0, 0.1) is 19.7 Å². The highest BCUT2D eigenvalue weighted by molar-refractivity contribution is 6.32. The van der Waals surface area contributed by atoms with Gasteiger partial charge in [-0.15, -0.1) is 10.2 Å². The molecule has 19 heavy (non-hydrogen) atoms. The minimum atomic E-state index is -0.346. The Hall–Kier alpha value is -2.01. The van der Waals surface area contributed by atoms with Gasteiger partial charge < -0.3 is 0 Å². The molecule has 0 unspecified atom stereocenters. The lowest BCUT2D eigenvalue weighted by Gasteiger charge is -2.07. The maximum absolute atomic E-state index is 13.9. The second kappa shape index (κ2) is 4.28. The van der Waals surface area contributed by atoms with Crippen molar-refractivity contribution in [1.29, 1.82) is 0 Å². The number of fused-ring (bicyclic) bond motifs is 1. The van der Waals surface area contributed by atoms with E-state index >= 15 is 0 Å². The first-order valence-corrected chi connectivity index (χ1v) is 6.10. The lowest BCUT2D eigenvalue weighted by Crippen LogP contribution is -2.01. The number of hydrogen-bond acceptors (Lipinski definition) is 3. The van der Waals surface area contributed by atoms with Crippen molar-refractivity contribution in [2.24, 2.45) is 0 Å².